The summed E-state index contributed by atoms with van der Waals surface area (Å²) in [6.07, 6.45) is 5.71. The largest absolute Gasteiger partial charge is 0.481 e. The number of thioether (sulfide) groups is 1. The van der Waals surface area contributed by atoms with Gasteiger partial charge in [-0.1, -0.05) is 13.3 Å². The van der Waals surface area contributed by atoms with Crippen LogP contribution in [0.25, 0.3) is 0 Å². The first-order chi connectivity index (χ1) is 7.22. The van der Waals surface area contributed by atoms with Crippen LogP contribution < -0.4 is 0 Å². The summed E-state index contributed by atoms with van der Waals surface area (Å²) in [6.45, 7) is 2.21. The molecule has 2 unspecified atom stereocenters. The van der Waals surface area contributed by atoms with E-state index in [-0.39, 0.29) is 5.92 Å². The topological polar surface area (TPSA) is 37.3 Å². The maximum absolute atomic E-state index is 11.0. The molecular weight excluding hydrogens is 208 g/mol. The Bertz CT molecular complexity index is 228. The molecule has 2 aliphatic carbocycles. The van der Waals surface area contributed by atoms with Crippen LogP contribution in [0.1, 0.15) is 39.0 Å². The third-order valence-corrected chi connectivity index (χ3v) is 5.45. The van der Waals surface area contributed by atoms with Crippen molar-refractivity contribution < 1.29 is 9.90 Å². The lowest BCUT2D eigenvalue weighted by atomic mass is 9.67. The Morgan fingerprint density at radius 2 is 1.93 bits per heavy atom. The zero-order valence-electron chi connectivity index (χ0n) is 9.32. The van der Waals surface area contributed by atoms with Crippen molar-refractivity contribution in [1.29, 1.82) is 0 Å². The number of hydrogen-bond acceptors (Lipinski definition) is 2. The van der Waals surface area contributed by atoms with Crippen LogP contribution in [0.5, 0.6) is 0 Å². The molecule has 3 heteroatoms. The van der Waals surface area contributed by atoms with Crippen LogP contribution in [0, 0.1) is 17.8 Å². The molecular formula is C12H20O2S. The van der Waals surface area contributed by atoms with Crippen molar-refractivity contribution in [2.75, 3.05) is 5.75 Å². The number of fused-ring (bicyclic) bond motifs is 2. The zero-order valence-corrected chi connectivity index (χ0v) is 10.1. The van der Waals surface area contributed by atoms with Gasteiger partial charge in [0.2, 0.25) is 0 Å². The van der Waals surface area contributed by atoms with Gasteiger partial charge in [-0.05, 0) is 43.3 Å². The lowest BCUT2D eigenvalue weighted by molar-refractivity contribution is -0.144. The molecule has 0 heterocycles. The monoisotopic (exact) mass is 228 g/mol. The highest BCUT2D eigenvalue weighted by atomic mass is 32.2. The van der Waals surface area contributed by atoms with E-state index in [0.29, 0.717) is 11.8 Å². The van der Waals surface area contributed by atoms with Gasteiger partial charge in [-0.15, -0.1) is 0 Å². The Hall–Kier alpha value is -0.180. The molecule has 0 aromatic heterocycles. The fraction of sp³-hybridized carbons (Fsp3) is 0.917. The molecule has 0 saturated heterocycles. The molecule has 1 N–H and O–H groups in total. The first-order valence-corrected chi connectivity index (χ1v) is 7.11. The second-order valence-electron chi connectivity index (χ2n) is 4.88. The number of carboxylic acid groups (broad SMARTS) is 1. The van der Waals surface area contributed by atoms with E-state index in [2.05, 4.69) is 18.7 Å². The van der Waals surface area contributed by atoms with Gasteiger partial charge in [0.15, 0.2) is 0 Å². The van der Waals surface area contributed by atoms with Crippen LogP contribution in [0.15, 0.2) is 0 Å². The molecule has 0 spiro atoms. The van der Waals surface area contributed by atoms with E-state index >= 15 is 0 Å². The minimum absolute atomic E-state index is 0.0472. The molecule has 0 radical (unpaired) electrons. The van der Waals surface area contributed by atoms with Gasteiger partial charge >= 0.3 is 5.97 Å². The maximum Gasteiger partial charge on any atom is 0.306 e. The summed E-state index contributed by atoms with van der Waals surface area (Å²) < 4.78 is 0. The highest BCUT2D eigenvalue weighted by molar-refractivity contribution is 7.99. The van der Waals surface area contributed by atoms with Crippen molar-refractivity contribution in [2.24, 2.45) is 17.8 Å². The maximum atomic E-state index is 11.0. The minimum atomic E-state index is -0.563. The molecule has 2 saturated carbocycles. The first kappa shape index (κ1) is 11.3. The SMILES string of the molecule is CCSC1C2CCCC1CC(C(=O)O)C2. The van der Waals surface area contributed by atoms with Gasteiger partial charge in [0, 0.05) is 5.25 Å². The highest BCUT2D eigenvalue weighted by Gasteiger charge is 2.42. The molecule has 2 rings (SSSR count). The lowest BCUT2D eigenvalue weighted by Gasteiger charge is -2.44. The van der Waals surface area contributed by atoms with Gasteiger partial charge in [-0.2, -0.15) is 11.8 Å². The molecule has 2 bridgehead atoms. The molecule has 0 amide bonds. The highest BCUT2D eigenvalue weighted by Crippen LogP contribution is 2.48. The molecule has 0 aliphatic heterocycles. The van der Waals surface area contributed by atoms with Crippen LogP contribution in [-0.4, -0.2) is 22.1 Å². The van der Waals surface area contributed by atoms with Crippen LogP contribution in [0.4, 0.5) is 0 Å². The standard InChI is InChI=1S/C12H20O2S/c1-2-15-11-8-4-3-5-9(11)7-10(6-8)12(13)14/h8-11H,2-7H2,1H3,(H,13,14). The fourth-order valence-electron chi connectivity index (χ4n) is 3.35. The van der Waals surface area contributed by atoms with Gasteiger partial charge < -0.3 is 5.11 Å². The van der Waals surface area contributed by atoms with Gasteiger partial charge in [0.25, 0.3) is 0 Å². The van der Waals surface area contributed by atoms with E-state index in [9.17, 15) is 4.79 Å². The third kappa shape index (κ3) is 2.32. The summed E-state index contributed by atoms with van der Waals surface area (Å²) in [7, 11) is 0. The van der Waals surface area contributed by atoms with Crippen molar-refractivity contribution in [1.82, 2.24) is 0 Å². The van der Waals surface area contributed by atoms with E-state index in [1.54, 1.807) is 0 Å². The minimum Gasteiger partial charge on any atom is -0.481 e. The molecule has 0 aromatic rings. The Morgan fingerprint density at radius 1 is 1.33 bits per heavy atom. The first-order valence-electron chi connectivity index (χ1n) is 6.06. The Balaban J connectivity index is 2.04. The average molecular weight is 228 g/mol. The quantitative estimate of drug-likeness (QED) is 0.806. The Morgan fingerprint density at radius 3 is 2.40 bits per heavy atom. The van der Waals surface area contributed by atoms with Crippen molar-refractivity contribution in [2.45, 2.75) is 44.3 Å². The van der Waals surface area contributed by atoms with Crippen LogP contribution in [0.2, 0.25) is 0 Å². The van der Waals surface area contributed by atoms with Gasteiger partial charge in [0.05, 0.1) is 5.92 Å². The number of aliphatic carboxylic acids is 1. The normalized spacial score (nSPS) is 40.1. The molecule has 86 valence electrons. The van der Waals surface area contributed by atoms with Gasteiger partial charge in [-0.3, -0.25) is 4.79 Å². The predicted octanol–water partition coefficient (Wildman–Crippen LogP) is 3.02. The number of carboxylic acids is 1. The third-order valence-electron chi connectivity index (χ3n) is 3.96. The van der Waals surface area contributed by atoms with E-state index < -0.39 is 5.97 Å². The molecule has 2 fully saturated rings. The molecule has 15 heavy (non-hydrogen) atoms. The number of carbonyl (C=O) groups is 1. The van der Waals surface area contributed by atoms with Crippen LogP contribution >= 0.6 is 11.8 Å². The molecule has 0 aromatic carbocycles. The van der Waals surface area contributed by atoms with Crippen molar-refractivity contribution in [3.05, 3.63) is 0 Å². The van der Waals surface area contributed by atoms with Crippen molar-refractivity contribution >= 4 is 17.7 Å². The van der Waals surface area contributed by atoms with Gasteiger partial charge in [0.1, 0.15) is 0 Å². The molecule has 2 nitrogen and oxygen atoms in total. The van der Waals surface area contributed by atoms with E-state index in [0.717, 1.165) is 18.1 Å². The number of hydrogen-bond donors (Lipinski definition) is 1. The van der Waals surface area contributed by atoms with Crippen LogP contribution in [-0.2, 0) is 4.79 Å². The molecule has 2 atom stereocenters. The average Bonchev–Trinajstić information content (AvgIpc) is 2.17. The summed E-state index contributed by atoms with van der Waals surface area (Å²) >= 11 is 2.07. The summed E-state index contributed by atoms with van der Waals surface area (Å²) in [5.74, 6) is 1.93. The fourth-order valence-corrected chi connectivity index (χ4v) is 4.78. The second-order valence-corrected chi connectivity index (χ2v) is 6.33. The summed E-state index contributed by atoms with van der Waals surface area (Å²) in [5.41, 5.74) is 0. The predicted molar refractivity (Wildman–Crippen MR) is 63.1 cm³/mol. The lowest BCUT2D eigenvalue weighted by Crippen LogP contribution is -2.40. The summed E-state index contributed by atoms with van der Waals surface area (Å²) in [5, 5.41) is 9.87. The van der Waals surface area contributed by atoms with Crippen molar-refractivity contribution in [3.63, 3.8) is 0 Å². The Kier molecular flexibility index (Phi) is 3.60. The Labute approximate surface area is 95.8 Å². The van der Waals surface area contributed by atoms with E-state index in [1.807, 2.05) is 0 Å². The number of rotatable bonds is 3. The smallest absolute Gasteiger partial charge is 0.306 e. The zero-order chi connectivity index (χ0) is 10.8. The summed E-state index contributed by atoms with van der Waals surface area (Å²) in [4.78, 5) is 11.0. The van der Waals surface area contributed by atoms with E-state index in [4.69, 9.17) is 5.11 Å². The van der Waals surface area contributed by atoms with Gasteiger partial charge in [-0.25, -0.2) is 0 Å². The van der Waals surface area contributed by atoms with Crippen LogP contribution in [0.3, 0.4) is 0 Å². The molecule has 2 aliphatic rings. The second kappa shape index (κ2) is 4.77. The van der Waals surface area contributed by atoms with Crippen molar-refractivity contribution in [3.8, 4) is 0 Å². The van der Waals surface area contributed by atoms with E-state index in [1.165, 1.54) is 25.0 Å². The summed E-state index contributed by atoms with van der Waals surface area (Å²) in [6, 6.07) is 0.